The number of esters is 2. The number of nitrogens with one attached hydrogen (secondary N) is 1. The fraction of sp³-hybridized carbons (Fsp3) is 0.240. The van der Waals surface area contributed by atoms with Crippen molar-refractivity contribution in [3.05, 3.63) is 87.8 Å². The monoisotopic (exact) mass is 451 g/mol. The zero-order chi connectivity index (χ0) is 23.3. The van der Waals surface area contributed by atoms with Crippen molar-refractivity contribution in [3.8, 4) is 0 Å². The van der Waals surface area contributed by atoms with Crippen LogP contribution in [0.4, 0.5) is 5.00 Å². The highest BCUT2D eigenvalue weighted by atomic mass is 32.1. The Bertz CT molecular complexity index is 1110. The third-order valence-electron chi connectivity index (χ3n) is 4.41. The maximum Gasteiger partial charge on any atom is 0.349 e. The Morgan fingerprint density at radius 3 is 2.09 bits per heavy atom. The molecule has 0 fully saturated rings. The van der Waals surface area contributed by atoms with Gasteiger partial charge in [-0.3, -0.25) is 4.79 Å². The highest BCUT2D eigenvalue weighted by Gasteiger charge is 2.30. The summed E-state index contributed by atoms with van der Waals surface area (Å²) in [6.45, 7) is 7.01. The van der Waals surface area contributed by atoms with Crippen LogP contribution in [0.15, 0.2) is 60.7 Å². The van der Waals surface area contributed by atoms with Crippen LogP contribution in [-0.2, 0) is 16.1 Å². The summed E-state index contributed by atoms with van der Waals surface area (Å²) in [5.41, 5.74) is 1.11. The quantitative estimate of drug-likeness (QED) is 0.492. The second kappa shape index (κ2) is 9.78. The Hall–Kier alpha value is -3.45. The Labute approximate surface area is 191 Å². The molecule has 1 amide bonds. The number of benzene rings is 2. The molecule has 1 aromatic heterocycles. The predicted octanol–water partition coefficient (Wildman–Crippen LogP) is 5.62. The van der Waals surface area contributed by atoms with E-state index in [4.69, 9.17) is 9.47 Å². The number of carbonyl (C=O) groups is 3. The lowest BCUT2D eigenvalue weighted by molar-refractivity contribution is 0.00705. The molecule has 166 valence electrons. The van der Waals surface area contributed by atoms with Crippen LogP contribution < -0.4 is 5.32 Å². The minimum absolute atomic E-state index is 0.102. The number of hydrogen-bond acceptors (Lipinski definition) is 6. The molecule has 2 aromatic carbocycles. The number of anilines is 1. The predicted molar refractivity (Wildman–Crippen MR) is 124 cm³/mol. The highest BCUT2D eigenvalue weighted by Crippen LogP contribution is 2.35. The van der Waals surface area contributed by atoms with E-state index in [9.17, 15) is 14.4 Å². The van der Waals surface area contributed by atoms with Gasteiger partial charge in [0, 0.05) is 5.56 Å². The normalized spacial score (nSPS) is 11.0. The highest BCUT2D eigenvalue weighted by molar-refractivity contribution is 7.18. The Kier molecular flexibility index (Phi) is 7.10. The lowest BCUT2D eigenvalue weighted by Crippen LogP contribution is -2.25. The van der Waals surface area contributed by atoms with Gasteiger partial charge in [-0.15, -0.1) is 11.3 Å². The first kappa shape index (κ1) is 23.2. The third-order valence-corrected chi connectivity index (χ3v) is 5.60. The summed E-state index contributed by atoms with van der Waals surface area (Å²) in [6.07, 6.45) is 0. The van der Waals surface area contributed by atoms with Crippen molar-refractivity contribution in [3.63, 3.8) is 0 Å². The number of hydrogen-bond donors (Lipinski definition) is 1. The van der Waals surface area contributed by atoms with Crippen molar-refractivity contribution in [2.45, 2.75) is 39.9 Å². The molecule has 0 aliphatic heterocycles. The molecule has 0 aliphatic carbocycles. The van der Waals surface area contributed by atoms with Crippen LogP contribution in [0.1, 0.15) is 62.3 Å². The second-order valence-electron chi connectivity index (χ2n) is 8.14. The topological polar surface area (TPSA) is 81.7 Å². The van der Waals surface area contributed by atoms with E-state index in [1.165, 1.54) is 0 Å². The SMILES string of the molecule is Cc1c(C(=O)OCc2ccccc2)sc(NC(=O)c2ccccc2)c1C(=O)OC(C)(C)C. The fourth-order valence-electron chi connectivity index (χ4n) is 2.92. The molecule has 0 saturated carbocycles. The van der Waals surface area contributed by atoms with Gasteiger partial charge in [0.2, 0.25) is 0 Å². The van der Waals surface area contributed by atoms with Gasteiger partial charge < -0.3 is 14.8 Å². The molecule has 0 unspecified atom stereocenters. The second-order valence-corrected chi connectivity index (χ2v) is 9.16. The van der Waals surface area contributed by atoms with Gasteiger partial charge in [-0.2, -0.15) is 0 Å². The van der Waals surface area contributed by atoms with Crippen molar-refractivity contribution >= 4 is 34.2 Å². The van der Waals surface area contributed by atoms with Crippen LogP contribution in [-0.4, -0.2) is 23.4 Å². The maximum absolute atomic E-state index is 12.9. The van der Waals surface area contributed by atoms with Crippen LogP contribution in [0.2, 0.25) is 0 Å². The zero-order valence-electron chi connectivity index (χ0n) is 18.4. The van der Waals surface area contributed by atoms with E-state index in [1.54, 1.807) is 58.0 Å². The fourth-order valence-corrected chi connectivity index (χ4v) is 4.01. The minimum Gasteiger partial charge on any atom is -0.457 e. The van der Waals surface area contributed by atoms with E-state index in [-0.39, 0.29) is 28.0 Å². The van der Waals surface area contributed by atoms with Gasteiger partial charge in [-0.1, -0.05) is 48.5 Å². The summed E-state index contributed by atoms with van der Waals surface area (Å²) in [5.74, 6) is -1.57. The lowest BCUT2D eigenvalue weighted by Gasteiger charge is -2.20. The molecule has 0 aliphatic rings. The van der Waals surface area contributed by atoms with Gasteiger partial charge in [0.15, 0.2) is 0 Å². The standard InChI is InChI=1S/C25H25NO5S/c1-16-19(23(28)31-25(2,3)4)22(26-21(27)18-13-9-6-10-14-18)32-20(16)24(29)30-15-17-11-7-5-8-12-17/h5-14H,15H2,1-4H3,(H,26,27). The van der Waals surface area contributed by atoms with Crippen molar-refractivity contribution in [2.24, 2.45) is 0 Å². The van der Waals surface area contributed by atoms with Gasteiger partial charge in [0.1, 0.15) is 22.1 Å². The molecule has 1 heterocycles. The number of ether oxygens (including phenoxy) is 2. The van der Waals surface area contributed by atoms with Crippen molar-refractivity contribution in [1.29, 1.82) is 0 Å². The molecule has 7 heteroatoms. The van der Waals surface area contributed by atoms with E-state index in [0.29, 0.717) is 11.1 Å². The van der Waals surface area contributed by atoms with Crippen LogP contribution in [0.5, 0.6) is 0 Å². The van der Waals surface area contributed by atoms with Crippen molar-refractivity contribution in [2.75, 3.05) is 5.32 Å². The van der Waals surface area contributed by atoms with Gasteiger partial charge in [0.25, 0.3) is 5.91 Å². The van der Waals surface area contributed by atoms with Gasteiger partial charge in [-0.25, -0.2) is 9.59 Å². The number of carbonyl (C=O) groups excluding carboxylic acids is 3. The summed E-state index contributed by atoms with van der Waals surface area (Å²) in [5, 5.41) is 3.00. The minimum atomic E-state index is -0.736. The summed E-state index contributed by atoms with van der Waals surface area (Å²) < 4.78 is 11.0. The first-order valence-electron chi connectivity index (χ1n) is 10.1. The van der Waals surface area contributed by atoms with Crippen LogP contribution in [0.3, 0.4) is 0 Å². The molecule has 0 spiro atoms. The van der Waals surface area contributed by atoms with Gasteiger partial charge >= 0.3 is 11.9 Å². The first-order valence-corrected chi connectivity index (χ1v) is 10.9. The molecule has 3 aromatic rings. The first-order chi connectivity index (χ1) is 15.2. The molecule has 0 bridgehead atoms. The summed E-state index contributed by atoms with van der Waals surface area (Å²) in [4.78, 5) is 38.7. The maximum atomic E-state index is 12.9. The van der Waals surface area contributed by atoms with E-state index >= 15 is 0 Å². The smallest absolute Gasteiger partial charge is 0.349 e. The summed E-state index contributed by atoms with van der Waals surface area (Å²) >= 11 is 0.999. The summed E-state index contributed by atoms with van der Waals surface area (Å²) in [7, 11) is 0. The van der Waals surface area contributed by atoms with Crippen molar-refractivity contribution < 1.29 is 23.9 Å². The molecule has 1 N–H and O–H groups in total. The van der Waals surface area contributed by atoms with E-state index in [0.717, 1.165) is 16.9 Å². The number of thiophene rings is 1. The average Bonchev–Trinajstić information content (AvgIpc) is 3.08. The Balaban J connectivity index is 1.90. The zero-order valence-corrected chi connectivity index (χ0v) is 19.2. The number of rotatable bonds is 6. The van der Waals surface area contributed by atoms with Crippen LogP contribution in [0, 0.1) is 6.92 Å². The summed E-state index contributed by atoms with van der Waals surface area (Å²) in [6, 6.07) is 17.9. The molecule has 3 rings (SSSR count). The van der Waals surface area contributed by atoms with E-state index in [1.807, 2.05) is 30.3 Å². The molecule has 0 radical (unpaired) electrons. The largest absolute Gasteiger partial charge is 0.457 e. The molecule has 32 heavy (non-hydrogen) atoms. The molecular formula is C25H25NO5S. The average molecular weight is 452 g/mol. The molecular weight excluding hydrogens is 426 g/mol. The van der Waals surface area contributed by atoms with Gasteiger partial charge in [0.05, 0.1) is 5.56 Å². The third kappa shape index (κ3) is 5.82. The van der Waals surface area contributed by atoms with E-state index < -0.39 is 17.5 Å². The Morgan fingerprint density at radius 2 is 1.50 bits per heavy atom. The molecule has 0 saturated heterocycles. The Morgan fingerprint density at radius 1 is 0.906 bits per heavy atom. The van der Waals surface area contributed by atoms with Crippen molar-refractivity contribution in [1.82, 2.24) is 0 Å². The molecule has 6 nitrogen and oxygen atoms in total. The molecule has 0 atom stereocenters. The lowest BCUT2D eigenvalue weighted by atomic mass is 10.1. The van der Waals surface area contributed by atoms with Crippen LogP contribution >= 0.6 is 11.3 Å². The van der Waals surface area contributed by atoms with Gasteiger partial charge in [-0.05, 0) is 51.0 Å². The number of amides is 1. The van der Waals surface area contributed by atoms with E-state index in [2.05, 4.69) is 5.32 Å². The van der Waals surface area contributed by atoms with Crippen LogP contribution in [0.25, 0.3) is 0 Å².